The maximum atomic E-state index is 12.1. The van der Waals surface area contributed by atoms with E-state index in [1.165, 1.54) is 4.90 Å². The molecule has 0 saturated heterocycles. The summed E-state index contributed by atoms with van der Waals surface area (Å²) in [6, 6.07) is -0.254. The molecule has 21 heavy (non-hydrogen) atoms. The summed E-state index contributed by atoms with van der Waals surface area (Å²) in [6.07, 6.45) is 0.941. The molecule has 0 aromatic carbocycles. The molecular formula is C15H30N2O4. The van der Waals surface area contributed by atoms with Gasteiger partial charge in [-0.1, -0.05) is 13.8 Å². The number of carboxylic acids is 1. The van der Waals surface area contributed by atoms with Crippen molar-refractivity contribution in [3.63, 3.8) is 0 Å². The van der Waals surface area contributed by atoms with E-state index in [9.17, 15) is 9.59 Å². The van der Waals surface area contributed by atoms with E-state index in [-0.39, 0.29) is 19.0 Å². The normalized spacial score (nSPS) is 11.5. The van der Waals surface area contributed by atoms with Crippen molar-refractivity contribution in [1.82, 2.24) is 10.2 Å². The van der Waals surface area contributed by atoms with Crippen LogP contribution in [-0.4, -0.2) is 53.8 Å². The third-order valence-electron chi connectivity index (χ3n) is 2.97. The highest BCUT2D eigenvalue weighted by atomic mass is 16.5. The van der Waals surface area contributed by atoms with Gasteiger partial charge in [-0.25, -0.2) is 4.79 Å². The predicted molar refractivity (Wildman–Crippen MR) is 82.4 cm³/mol. The molecule has 0 aliphatic heterocycles. The van der Waals surface area contributed by atoms with Gasteiger partial charge in [-0.15, -0.1) is 0 Å². The van der Waals surface area contributed by atoms with Crippen LogP contribution in [0.1, 0.15) is 47.5 Å². The van der Waals surface area contributed by atoms with Crippen LogP contribution >= 0.6 is 0 Å². The fourth-order valence-electron chi connectivity index (χ4n) is 1.70. The Hall–Kier alpha value is -1.30. The quantitative estimate of drug-likeness (QED) is 0.641. The average Bonchev–Trinajstić information content (AvgIpc) is 2.31. The second-order valence-corrected chi connectivity index (χ2v) is 6.49. The van der Waals surface area contributed by atoms with E-state index >= 15 is 0 Å². The summed E-state index contributed by atoms with van der Waals surface area (Å²) in [6.45, 7) is 11.7. The van der Waals surface area contributed by atoms with Crippen LogP contribution in [0.3, 0.4) is 0 Å². The molecule has 0 fully saturated rings. The molecule has 0 unspecified atom stereocenters. The molecule has 2 amide bonds. The van der Waals surface area contributed by atoms with Crippen molar-refractivity contribution in [2.45, 2.75) is 53.0 Å². The molecule has 0 spiro atoms. The second-order valence-electron chi connectivity index (χ2n) is 6.49. The maximum absolute atomic E-state index is 12.1. The summed E-state index contributed by atoms with van der Waals surface area (Å²) in [5, 5.41) is 11.5. The molecular weight excluding hydrogens is 272 g/mol. The van der Waals surface area contributed by atoms with Crippen LogP contribution in [0.5, 0.6) is 0 Å². The summed E-state index contributed by atoms with van der Waals surface area (Å²) in [4.78, 5) is 24.3. The minimum Gasteiger partial charge on any atom is -0.481 e. The molecule has 0 bridgehead atoms. The van der Waals surface area contributed by atoms with Gasteiger partial charge in [0.1, 0.15) is 0 Å². The summed E-state index contributed by atoms with van der Waals surface area (Å²) in [7, 11) is 0. The van der Waals surface area contributed by atoms with Crippen LogP contribution in [0.4, 0.5) is 4.79 Å². The first-order chi connectivity index (χ1) is 9.64. The number of aliphatic carboxylic acids is 1. The fraction of sp³-hybridized carbons (Fsp3) is 0.867. The molecule has 6 heteroatoms. The van der Waals surface area contributed by atoms with E-state index in [0.717, 1.165) is 6.42 Å². The Morgan fingerprint density at radius 2 is 1.86 bits per heavy atom. The number of urea groups is 1. The third kappa shape index (κ3) is 10.1. The van der Waals surface area contributed by atoms with Crippen molar-refractivity contribution in [3.05, 3.63) is 0 Å². The SMILES string of the molecule is CC(C)CCOCCNC(=O)N(CCC(=O)O)C(C)(C)C. The number of amides is 2. The number of nitrogens with zero attached hydrogens (tertiary/aromatic N) is 1. The lowest BCUT2D eigenvalue weighted by Gasteiger charge is -2.35. The molecule has 0 atom stereocenters. The summed E-state index contributed by atoms with van der Waals surface area (Å²) >= 11 is 0. The smallest absolute Gasteiger partial charge is 0.317 e. The average molecular weight is 302 g/mol. The summed E-state index contributed by atoms with van der Waals surface area (Å²) in [5.74, 6) is -0.305. The molecule has 0 aromatic heterocycles. The largest absolute Gasteiger partial charge is 0.481 e. The number of nitrogens with one attached hydrogen (secondary N) is 1. The number of ether oxygens (including phenoxy) is 1. The van der Waals surface area contributed by atoms with Crippen molar-refractivity contribution < 1.29 is 19.4 Å². The monoisotopic (exact) mass is 302 g/mol. The van der Waals surface area contributed by atoms with Gasteiger partial charge < -0.3 is 20.1 Å². The zero-order chi connectivity index (χ0) is 16.5. The van der Waals surface area contributed by atoms with Gasteiger partial charge in [0.25, 0.3) is 0 Å². The minimum atomic E-state index is -0.908. The van der Waals surface area contributed by atoms with Gasteiger partial charge in [-0.05, 0) is 33.1 Å². The van der Waals surface area contributed by atoms with Crippen LogP contribution in [0.25, 0.3) is 0 Å². The molecule has 0 aromatic rings. The van der Waals surface area contributed by atoms with E-state index in [2.05, 4.69) is 19.2 Å². The van der Waals surface area contributed by atoms with Gasteiger partial charge in [-0.3, -0.25) is 4.79 Å². The number of carboxylic acid groups (broad SMARTS) is 1. The lowest BCUT2D eigenvalue weighted by Crippen LogP contribution is -2.51. The van der Waals surface area contributed by atoms with E-state index < -0.39 is 11.5 Å². The van der Waals surface area contributed by atoms with Crippen LogP contribution in [0, 0.1) is 5.92 Å². The zero-order valence-electron chi connectivity index (χ0n) is 13.9. The van der Waals surface area contributed by atoms with Gasteiger partial charge in [0.2, 0.25) is 0 Å². The number of hydrogen-bond donors (Lipinski definition) is 2. The first-order valence-electron chi connectivity index (χ1n) is 7.49. The third-order valence-corrected chi connectivity index (χ3v) is 2.97. The first-order valence-corrected chi connectivity index (χ1v) is 7.49. The van der Waals surface area contributed by atoms with Gasteiger partial charge in [0.05, 0.1) is 13.0 Å². The molecule has 124 valence electrons. The van der Waals surface area contributed by atoms with Gasteiger partial charge in [0.15, 0.2) is 0 Å². The van der Waals surface area contributed by atoms with E-state index in [0.29, 0.717) is 25.7 Å². The van der Waals surface area contributed by atoms with Crippen LogP contribution < -0.4 is 5.32 Å². The van der Waals surface area contributed by atoms with Crippen molar-refractivity contribution in [1.29, 1.82) is 0 Å². The molecule has 0 aliphatic carbocycles. The standard InChI is InChI=1S/C15H30N2O4/c1-12(2)7-10-21-11-8-16-14(20)17(15(3,4)5)9-6-13(18)19/h12H,6-11H2,1-5H3,(H,16,20)(H,18,19). The first kappa shape index (κ1) is 19.7. The minimum absolute atomic E-state index is 0.0599. The molecule has 0 aliphatic rings. The van der Waals surface area contributed by atoms with Crippen LogP contribution in [0.15, 0.2) is 0 Å². The lowest BCUT2D eigenvalue weighted by molar-refractivity contribution is -0.137. The van der Waals surface area contributed by atoms with Crippen LogP contribution in [0.2, 0.25) is 0 Å². The number of hydrogen-bond acceptors (Lipinski definition) is 3. The highest BCUT2D eigenvalue weighted by Crippen LogP contribution is 2.13. The summed E-state index contributed by atoms with van der Waals surface area (Å²) < 4.78 is 5.43. The Labute approximate surface area is 127 Å². The van der Waals surface area contributed by atoms with Crippen molar-refractivity contribution in [2.24, 2.45) is 5.92 Å². The fourth-order valence-corrected chi connectivity index (χ4v) is 1.70. The van der Waals surface area contributed by atoms with Crippen molar-refractivity contribution in [2.75, 3.05) is 26.3 Å². The Bertz CT molecular complexity index is 324. The number of carbonyl (C=O) groups is 2. The van der Waals surface area contributed by atoms with Crippen molar-refractivity contribution in [3.8, 4) is 0 Å². The van der Waals surface area contributed by atoms with E-state index in [4.69, 9.17) is 9.84 Å². The Balaban J connectivity index is 4.09. The van der Waals surface area contributed by atoms with Gasteiger partial charge in [0, 0.05) is 25.2 Å². The topological polar surface area (TPSA) is 78.9 Å². The molecule has 6 nitrogen and oxygen atoms in total. The van der Waals surface area contributed by atoms with Gasteiger partial charge in [-0.2, -0.15) is 0 Å². The molecule has 2 N–H and O–H groups in total. The van der Waals surface area contributed by atoms with Crippen LogP contribution in [-0.2, 0) is 9.53 Å². The molecule has 0 rings (SSSR count). The number of rotatable bonds is 9. The Morgan fingerprint density at radius 1 is 1.24 bits per heavy atom. The molecule has 0 radical (unpaired) electrons. The Kier molecular flexibility index (Phi) is 9.01. The maximum Gasteiger partial charge on any atom is 0.317 e. The van der Waals surface area contributed by atoms with E-state index in [1.54, 1.807) is 0 Å². The summed E-state index contributed by atoms with van der Waals surface area (Å²) in [5.41, 5.74) is -0.419. The highest BCUT2D eigenvalue weighted by Gasteiger charge is 2.26. The van der Waals surface area contributed by atoms with E-state index in [1.807, 2.05) is 20.8 Å². The zero-order valence-corrected chi connectivity index (χ0v) is 13.9. The second kappa shape index (κ2) is 9.60. The predicted octanol–water partition coefficient (Wildman–Crippen LogP) is 2.33. The lowest BCUT2D eigenvalue weighted by atomic mass is 10.1. The highest BCUT2D eigenvalue weighted by molar-refractivity contribution is 5.76. The number of carbonyl (C=O) groups excluding carboxylic acids is 1. The Morgan fingerprint density at radius 3 is 2.33 bits per heavy atom. The molecule has 0 heterocycles. The van der Waals surface area contributed by atoms with Crippen molar-refractivity contribution >= 4 is 12.0 Å². The van der Waals surface area contributed by atoms with Gasteiger partial charge >= 0.3 is 12.0 Å². The molecule has 0 saturated carbocycles.